The lowest BCUT2D eigenvalue weighted by atomic mass is 10.0. The van der Waals surface area contributed by atoms with Crippen LogP contribution in [0.5, 0.6) is 0 Å². The van der Waals surface area contributed by atoms with Crippen molar-refractivity contribution < 1.29 is 4.79 Å². The Labute approximate surface area is 86.9 Å². The van der Waals surface area contributed by atoms with Crippen molar-refractivity contribution in [2.45, 2.75) is 19.8 Å². The van der Waals surface area contributed by atoms with Crippen molar-refractivity contribution in [3.05, 3.63) is 22.8 Å². The second kappa shape index (κ2) is 2.66. The minimum atomic E-state index is 0.246. The van der Waals surface area contributed by atoms with Crippen molar-refractivity contribution in [2.75, 3.05) is 0 Å². The Morgan fingerprint density at radius 1 is 1.40 bits per heavy atom. The first-order valence-corrected chi connectivity index (χ1v) is 5.03. The van der Waals surface area contributed by atoms with E-state index in [1.807, 2.05) is 20.0 Å². The number of benzene rings is 1. The molecule has 1 aliphatic carbocycles. The van der Waals surface area contributed by atoms with Crippen molar-refractivity contribution in [1.82, 2.24) is 15.0 Å². The number of rotatable bonds is 0. The number of aromatic nitrogens is 3. The van der Waals surface area contributed by atoms with Crippen molar-refractivity contribution in [3.63, 3.8) is 0 Å². The lowest BCUT2D eigenvalue weighted by Gasteiger charge is -2.03. The van der Waals surface area contributed by atoms with Crippen LogP contribution in [0.15, 0.2) is 6.07 Å². The van der Waals surface area contributed by atoms with Gasteiger partial charge in [0.2, 0.25) is 0 Å². The highest BCUT2D eigenvalue weighted by atomic mass is 16.1. The molecule has 1 aliphatic rings. The van der Waals surface area contributed by atoms with Gasteiger partial charge in [-0.15, -0.1) is 5.10 Å². The molecule has 3 rings (SSSR count). The Morgan fingerprint density at radius 2 is 2.20 bits per heavy atom. The number of ketones is 1. The normalized spacial score (nSPS) is 14.9. The van der Waals surface area contributed by atoms with Gasteiger partial charge in [-0.1, -0.05) is 5.21 Å². The summed E-state index contributed by atoms with van der Waals surface area (Å²) < 4.78 is 1.76. The molecule has 0 saturated carbocycles. The molecule has 0 N–H and O–H groups in total. The molecule has 1 aromatic heterocycles. The Bertz CT molecular complexity index is 583. The largest absolute Gasteiger partial charge is 0.294 e. The number of carbonyl (C=O) groups excluding carboxylic acids is 1. The molecular formula is C11H11N3O. The Hall–Kier alpha value is -1.71. The van der Waals surface area contributed by atoms with E-state index >= 15 is 0 Å². The van der Waals surface area contributed by atoms with E-state index in [2.05, 4.69) is 10.3 Å². The highest BCUT2D eigenvalue weighted by molar-refractivity contribution is 6.05. The zero-order chi connectivity index (χ0) is 10.6. The van der Waals surface area contributed by atoms with Gasteiger partial charge in [0.1, 0.15) is 5.52 Å². The average Bonchev–Trinajstić information content (AvgIpc) is 2.73. The summed E-state index contributed by atoms with van der Waals surface area (Å²) in [6.07, 6.45) is 1.45. The zero-order valence-corrected chi connectivity index (χ0v) is 8.74. The quantitative estimate of drug-likeness (QED) is 0.647. The second-order valence-electron chi connectivity index (χ2n) is 4.05. The standard InChI is InChI=1S/C11H11N3O/c1-6-5-8-7(3-4-9(8)15)11-10(6)12-13-14(11)2/h5H,3-4H2,1-2H3. The van der Waals surface area contributed by atoms with Crippen LogP contribution >= 0.6 is 0 Å². The van der Waals surface area contributed by atoms with Crippen LogP contribution in [-0.2, 0) is 13.5 Å². The molecule has 1 aromatic carbocycles. The molecule has 0 bridgehead atoms. The van der Waals surface area contributed by atoms with Crippen LogP contribution in [0.3, 0.4) is 0 Å². The molecule has 76 valence electrons. The molecule has 0 atom stereocenters. The molecule has 1 heterocycles. The number of aryl methyl sites for hydroxylation is 3. The number of nitrogens with zero attached hydrogens (tertiary/aromatic N) is 3. The molecule has 4 nitrogen and oxygen atoms in total. The minimum Gasteiger partial charge on any atom is -0.294 e. The molecule has 0 aliphatic heterocycles. The predicted molar refractivity (Wildman–Crippen MR) is 55.9 cm³/mol. The van der Waals surface area contributed by atoms with Gasteiger partial charge in [-0.2, -0.15) is 0 Å². The van der Waals surface area contributed by atoms with E-state index in [4.69, 9.17) is 0 Å². The van der Waals surface area contributed by atoms with Gasteiger partial charge in [-0.25, -0.2) is 4.68 Å². The second-order valence-corrected chi connectivity index (χ2v) is 4.05. The molecule has 0 amide bonds. The van der Waals surface area contributed by atoms with E-state index < -0.39 is 0 Å². The van der Waals surface area contributed by atoms with Gasteiger partial charge in [0, 0.05) is 19.0 Å². The van der Waals surface area contributed by atoms with Crippen molar-refractivity contribution in [2.24, 2.45) is 7.05 Å². The SMILES string of the molecule is Cc1cc2c(c3c1nnn3C)CCC2=O. The van der Waals surface area contributed by atoms with Crippen LogP contribution in [0.2, 0.25) is 0 Å². The Balaban J connectivity index is 2.51. The average molecular weight is 201 g/mol. The zero-order valence-electron chi connectivity index (χ0n) is 8.74. The summed E-state index contributed by atoms with van der Waals surface area (Å²) in [5.41, 5.74) is 4.97. The van der Waals surface area contributed by atoms with E-state index in [1.165, 1.54) is 0 Å². The molecule has 0 unspecified atom stereocenters. The monoisotopic (exact) mass is 201 g/mol. The Morgan fingerprint density at radius 3 is 3.00 bits per heavy atom. The maximum Gasteiger partial charge on any atom is 0.163 e. The first-order chi connectivity index (χ1) is 7.18. The van der Waals surface area contributed by atoms with Crippen LogP contribution in [0, 0.1) is 6.92 Å². The summed E-state index contributed by atoms with van der Waals surface area (Å²) in [6, 6.07) is 1.95. The number of carbonyl (C=O) groups is 1. The third-order valence-electron chi connectivity index (χ3n) is 3.07. The van der Waals surface area contributed by atoms with Crippen molar-refractivity contribution in [1.29, 1.82) is 0 Å². The highest BCUT2D eigenvalue weighted by Gasteiger charge is 2.24. The molecule has 4 heteroatoms. The molecule has 0 radical (unpaired) electrons. The lowest BCUT2D eigenvalue weighted by Crippen LogP contribution is -1.96. The summed E-state index contributed by atoms with van der Waals surface area (Å²) in [5.74, 6) is 0.246. The van der Waals surface area contributed by atoms with Crippen LogP contribution in [0.25, 0.3) is 11.0 Å². The number of hydrogen-bond donors (Lipinski definition) is 0. The summed E-state index contributed by atoms with van der Waals surface area (Å²) in [7, 11) is 1.87. The number of hydrogen-bond acceptors (Lipinski definition) is 3. The molecule has 0 spiro atoms. The molecule has 2 aromatic rings. The molecule has 0 fully saturated rings. The topological polar surface area (TPSA) is 47.8 Å². The van der Waals surface area contributed by atoms with Crippen LogP contribution in [0.4, 0.5) is 0 Å². The molecule has 0 saturated heterocycles. The molecular weight excluding hydrogens is 190 g/mol. The lowest BCUT2D eigenvalue weighted by molar-refractivity contribution is 0.0994. The first kappa shape index (κ1) is 8.59. The summed E-state index contributed by atoms with van der Waals surface area (Å²) in [6.45, 7) is 1.98. The number of fused-ring (bicyclic) bond motifs is 3. The third-order valence-corrected chi connectivity index (χ3v) is 3.07. The minimum absolute atomic E-state index is 0.246. The highest BCUT2D eigenvalue weighted by Crippen LogP contribution is 2.30. The van der Waals surface area contributed by atoms with E-state index in [1.54, 1.807) is 4.68 Å². The maximum atomic E-state index is 11.6. The maximum absolute atomic E-state index is 11.6. The van der Waals surface area contributed by atoms with E-state index in [0.717, 1.165) is 34.1 Å². The van der Waals surface area contributed by atoms with Crippen molar-refractivity contribution >= 4 is 16.8 Å². The third kappa shape index (κ3) is 0.988. The van der Waals surface area contributed by atoms with Gasteiger partial charge in [-0.05, 0) is 30.5 Å². The van der Waals surface area contributed by atoms with Crippen LogP contribution in [0.1, 0.15) is 27.9 Å². The summed E-state index contributed by atoms with van der Waals surface area (Å²) in [5, 5.41) is 8.14. The number of Topliss-reactive ketones (excluding diaryl/α,β-unsaturated/α-hetero) is 1. The van der Waals surface area contributed by atoms with E-state index in [9.17, 15) is 4.79 Å². The fourth-order valence-corrected chi connectivity index (χ4v) is 2.34. The van der Waals surface area contributed by atoms with Crippen molar-refractivity contribution in [3.8, 4) is 0 Å². The summed E-state index contributed by atoms with van der Waals surface area (Å²) >= 11 is 0. The summed E-state index contributed by atoms with van der Waals surface area (Å²) in [4.78, 5) is 11.6. The molecule has 15 heavy (non-hydrogen) atoms. The van der Waals surface area contributed by atoms with Crippen LogP contribution < -0.4 is 0 Å². The van der Waals surface area contributed by atoms with Gasteiger partial charge in [0.05, 0.1) is 5.52 Å². The van der Waals surface area contributed by atoms with Gasteiger partial charge < -0.3 is 0 Å². The Kier molecular flexibility index (Phi) is 1.52. The predicted octanol–water partition coefficient (Wildman–Crippen LogP) is 1.41. The van der Waals surface area contributed by atoms with Gasteiger partial charge in [-0.3, -0.25) is 4.79 Å². The first-order valence-electron chi connectivity index (χ1n) is 5.03. The van der Waals surface area contributed by atoms with Crippen LogP contribution in [-0.4, -0.2) is 20.8 Å². The van der Waals surface area contributed by atoms with E-state index in [-0.39, 0.29) is 5.78 Å². The van der Waals surface area contributed by atoms with Gasteiger partial charge in [0.25, 0.3) is 0 Å². The van der Waals surface area contributed by atoms with Gasteiger partial charge in [0.15, 0.2) is 5.78 Å². The smallest absolute Gasteiger partial charge is 0.163 e. The van der Waals surface area contributed by atoms with E-state index in [0.29, 0.717) is 6.42 Å². The fraction of sp³-hybridized carbons (Fsp3) is 0.364. The van der Waals surface area contributed by atoms with Gasteiger partial charge >= 0.3 is 0 Å². The fourth-order valence-electron chi connectivity index (χ4n) is 2.34.